The molecule has 0 saturated carbocycles. The van der Waals surface area contributed by atoms with Crippen LogP contribution < -0.4 is 10.1 Å². The summed E-state index contributed by atoms with van der Waals surface area (Å²) in [6, 6.07) is 8.21. The van der Waals surface area contributed by atoms with Gasteiger partial charge in [-0.25, -0.2) is 0 Å². The highest BCUT2D eigenvalue weighted by Crippen LogP contribution is 2.17. The number of benzene rings is 1. The third-order valence-electron chi connectivity index (χ3n) is 3.38. The van der Waals surface area contributed by atoms with Gasteiger partial charge in [-0.05, 0) is 31.4 Å². The number of hydrogen-bond acceptors (Lipinski definition) is 3. The molecule has 0 fully saturated rings. The second kappa shape index (κ2) is 11.6. The number of nitrogens with one attached hydrogen (secondary N) is 1. The summed E-state index contributed by atoms with van der Waals surface area (Å²) in [5, 5.41) is 3.41. The van der Waals surface area contributed by atoms with E-state index in [1.807, 2.05) is 12.1 Å². The summed E-state index contributed by atoms with van der Waals surface area (Å²) in [5.74, 6) is 1.60. The number of rotatable bonds is 12. The Bertz CT molecular complexity index is 368. The SMILES string of the molecule is CCCNCc1ccccc1OCCOCC(C)CCC. The summed E-state index contributed by atoms with van der Waals surface area (Å²) in [4.78, 5) is 0. The normalized spacial score (nSPS) is 12.3. The first-order valence-corrected chi connectivity index (χ1v) is 8.27. The summed E-state index contributed by atoms with van der Waals surface area (Å²) in [6.45, 7) is 10.6. The third-order valence-corrected chi connectivity index (χ3v) is 3.38. The van der Waals surface area contributed by atoms with Crippen LogP contribution in [0.3, 0.4) is 0 Å². The van der Waals surface area contributed by atoms with E-state index >= 15 is 0 Å². The molecule has 1 rings (SSSR count). The molecule has 0 aliphatic carbocycles. The van der Waals surface area contributed by atoms with Crippen LogP contribution in [0.1, 0.15) is 45.6 Å². The molecule has 1 unspecified atom stereocenters. The summed E-state index contributed by atoms with van der Waals surface area (Å²) in [6.07, 6.45) is 3.60. The fourth-order valence-corrected chi connectivity index (χ4v) is 2.26. The molecule has 0 aliphatic rings. The Hall–Kier alpha value is -1.06. The van der Waals surface area contributed by atoms with E-state index in [0.717, 1.165) is 31.9 Å². The first-order chi connectivity index (χ1) is 10.3. The van der Waals surface area contributed by atoms with Crippen molar-refractivity contribution >= 4 is 0 Å². The van der Waals surface area contributed by atoms with Crippen LogP contribution in [0.15, 0.2) is 24.3 Å². The number of para-hydroxylation sites is 1. The van der Waals surface area contributed by atoms with Crippen LogP contribution in [0, 0.1) is 5.92 Å². The maximum absolute atomic E-state index is 5.84. The highest BCUT2D eigenvalue weighted by molar-refractivity contribution is 5.33. The first kappa shape index (κ1) is 18.0. The molecule has 0 radical (unpaired) electrons. The Morgan fingerprint density at radius 1 is 1.10 bits per heavy atom. The molecule has 1 atom stereocenters. The van der Waals surface area contributed by atoms with E-state index in [0.29, 0.717) is 19.1 Å². The van der Waals surface area contributed by atoms with Gasteiger partial charge in [0.25, 0.3) is 0 Å². The van der Waals surface area contributed by atoms with Gasteiger partial charge in [0, 0.05) is 18.7 Å². The average Bonchev–Trinajstić information content (AvgIpc) is 2.49. The maximum Gasteiger partial charge on any atom is 0.123 e. The highest BCUT2D eigenvalue weighted by Gasteiger charge is 2.03. The van der Waals surface area contributed by atoms with Gasteiger partial charge in [0.2, 0.25) is 0 Å². The van der Waals surface area contributed by atoms with Crippen molar-refractivity contribution in [3.05, 3.63) is 29.8 Å². The van der Waals surface area contributed by atoms with Gasteiger partial charge in [-0.2, -0.15) is 0 Å². The Kier molecular flexibility index (Phi) is 9.92. The zero-order valence-electron chi connectivity index (χ0n) is 13.9. The van der Waals surface area contributed by atoms with Crippen molar-refractivity contribution in [2.45, 2.75) is 46.6 Å². The highest BCUT2D eigenvalue weighted by atomic mass is 16.5. The molecule has 0 aliphatic heterocycles. The van der Waals surface area contributed by atoms with Gasteiger partial charge in [-0.1, -0.05) is 45.4 Å². The molecule has 0 spiro atoms. The van der Waals surface area contributed by atoms with Crippen molar-refractivity contribution in [2.24, 2.45) is 5.92 Å². The summed E-state index contributed by atoms with van der Waals surface area (Å²) >= 11 is 0. The topological polar surface area (TPSA) is 30.5 Å². The molecular weight excluding hydrogens is 262 g/mol. The Balaban J connectivity index is 2.25. The number of ether oxygens (including phenoxy) is 2. The summed E-state index contributed by atoms with van der Waals surface area (Å²) < 4.78 is 11.5. The van der Waals surface area contributed by atoms with Gasteiger partial charge >= 0.3 is 0 Å². The maximum atomic E-state index is 5.84. The van der Waals surface area contributed by atoms with Crippen molar-refractivity contribution in [3.8, 4) is 5.75 Å². The molecule has 0 aromatic heterocycles. The zero-order valence-corrected chi connectivity index (χ0v) is 13.9. The van der Waals surface area contributed by atoms with Gasteiger partial charge in [0.05, 0.1) is 6.61 Å². The third kappa shape index (κ3) is 8.08. The molecule has 3 nitrogen and oxygen atoms in total. The molecule has 21 heavy (non-hydrogen) atoms. The molecule has 0 heterocycles. The average molecular weight is 293 g/mol. The van der Waals surface area contributed by atoms with Gasteiger partial charge in [-0.3, -0.25) is 0 Å². The minimum atomic E-state index is 0.615. The van der Waals surface area contributed by atoms with E-state index < -0.39 is 0 Å². The van der Waals surface area contributed by atoms with Crippen molar-refractivity contribution < 1.29 is 9.47 Å². The molecule has 120 valence electrons. The zero-order chi connectivity index (χ0) is 15.3. The van der Waals surface area contributed by atoms with Crippen molar-refractivity contribution in [2.75, 3.05) is 26.4 Å². The van der Waals surface area contributed by atoms with E-state index in [1.165, 1.54) is 18.4 Å². The predicted octanol–water partition coefficient (Wildman–Crippen LogP) is 4.02. The molecule has 0 bridgehead atoms. The Labute approximate surface area is 130 Å². The summed E-state index contributed by atoms with van der Waals surface area (Å²) in [5.41, 5.74) is 1.21. The van der Waals surface area contributed by atoms with Crippen molar-refractivity contribution in [1.29, 1.82) is 0 Å². The monoisotopic (exact) mass is 293 g/mol. The van der Waals surface area contributed by atoms with Crippen molar-refractivity contribution in [3.63, 3.8) is 0 Å². The fourth-order valence-electron chi connectivity index (χ4n) is 2.26. The fraction of sp³-hybridized carbons (Fsp3) is 0.667. The van der Waals surface area contributed by atoms with Crippen LogP contribution in [-0.4, -0.2) is 26.4 Å². The molecule has 0 amide bonds. The smallest absolute Gasteiger partial charge is 0.123 e. The van der Waals surface area contributed by atoms with Crippen molar-refractivity contribution in [1.82, 2.24) is 5.32 Å². The lowest BCUT2D eigenvalue weighted by atomic mass is 10.1. The molecule has 0 saturated heterocycles. The van der Waals surface area contributed by atoms with Crippen LogP contribution in [-0.2, 0) is 11.3 Å². The van der Waals surface area contributed by atoms with Crippen LogP contribution in [0.25, 0.3) is 0 Å². The van der Waals surface area contributed by atoms with Gasteiger partial charge in [-0.15, -0.1) is 0 Å². The van der Waals surface area contributed by atoms with Gasteiger partial charge in [0.15, 0.2) is 0 Å². The number of hydrogen-bond donors (Lipinski definition) is 1. The lowest BCUT2D eigenvalue weighted by Crippen LogP contribution is -2.16. The van der Waals surface area contributed by atoms with Crippen LogP contribution in [0.4, 0.5) is 0 Å². The van der Waals surface area contributed by atoms with Gasteiger partial charge in [0.1, 0.15) is 12.4 Å². The van der Waals surface area contributed by atoms with Crippen LogP contribution >= 0.6 is 0 Å². The quantitative estimate of drug-likeness (QED) is 0.590. The predicted molar refractivity (Wildman–Crippen MR) is 88.8 cm³/mol. The van der Waals surface area contributed by atoms with Gasteiger partial charge < -0.3 is 14.8 Å². The lowest BCUT2D eigenvalue weighted by Gasteiger charge is -2.13. The van der Waals surface area contributed by atoms with E-state index in [1.54, 1.807) is 0 Å². The Morgan fingerprint density at radius 2 is 1.90 bits per heavy atom. The second-order valence-corrected chi connectivity index (χ2v) is 5.60. The van der Waals surface area contributed by atoms with E-state index in [4.69, 9.17) is 9.47 Å². The molecule has 1 aromatic rings. The van der Waals surface area contributed by atoms with Crippen LogP contribution in [0.5, 0.6) is 5.75 Å². The molecule has 1 N–H and O–H groups in total. The van der Waals surface area contributed by atoms with Crippen LogP contribution in [0.2, 0.25) is 0 Å². The lowest BCUT2D eigenvalue weighted by molar-refractivity contribution is 0.0755. The standard InChI is InChI=1S/C18H31NO2/c1-4-8-16(3)15-20-12-13-21-18-10-7-6-9-17(18)14-19-11-5-2/h6-7,9-10,16,19H,4-5,8,11-15H2,1-3H3. The largest absolute Gasteiger partial charge is 0.491 e. The first-order valence-electron chi connectivity index (χ1n) is 8.27. The minimum Gasteiger partial charge on any atom is -0.491 e. The minimum absolute atomic E-state index is 0.615. The summed E-state index contributed by atoms with van der Waals surface area (Å²) in [7, 11) is 0. The Morgan fingerprint density at radius 3 is 2.67 bits per heavy atom. The van der Waals surface area contributed by atoms with E-state index in [9.17, 15) is 0 Å². The second-order valence-electron chi connectivity index (χ2n) is 5.60. The molecule has 3 heteroatoms. The van der Waals surface area contributed by atoms with E-state index in [2.05, 4.69) is 38.2 Å². The molecular formula is C18H31NO2. The molecule has 1 aromatic carbocycles. The van der Waals surface area contributed by atoms with E-state index in [-0.39, 0.29) is 0 Å².